The fraction of sp³-hybridized carbons (Fsp3) is 0.778. The largest absolute Gasteiger partial charge is 0.481 e. The average Bonchev–Trinajstić information content (AvgIpc) is 2.60. The summed E-state index contributed by atoms with van der Waals surface area (Å²) in [6, 6.07) is 0. The Bertz CT molecular complexity index is 236. The van der Waals surface area contributed by atoms with Crippen LogP contribution >= 0.6 is 0 Å². The van der Waals surface area contributed by atoms with Gasteiger partial charge in [0.05, 0.1) is 11.8 Å². The molecule has 2 aliphatic carbocycles. The first-order valence-electron chi connectivity index (χ1n) is 4.55. The van der Waals surface area contributed by atoms with E-state index in [2.05, 4.69) is 0 Å². The highest BCUT2D eigenvalue weighted by atomic mass is 16.4. The van der Waals surface area contributed by atoms with Gasteiger partial charge < -0.3 is 10.2 Å². The van der Waals surface area contributed by atoms with Gasteiger partial charge in [0.15, 0.2) is 0 Å². The molecule has 72 valence electrons. The van der Waals surface area contributed by atoms with Gasteiger partial charge in [0.2, 0.25) is 0 Å². The van der Waals surface area contributed by atoms with Crippen molar-refractivity contribution in [3.05, 3.63) is 0 Å². The summed E-state index contributed by atoms with van der Waals surface area (Å²) in [7, 11) is 0. The van der Waals surface area contributed by atoms with Crippen LogP contribution in [0.1, 0.15) is 19.3 Å². The Kier molecular flexibility index (Phi) is 1.78. The molecule has 13 heavy (non-hydrogen) atoms. The highest BCUT2D eigenvalue weighted by Crippen LogP contribution is 2.51. The van der Waals surface area contributed by atoms with Crippen molar-refractivity contribution in [2.45, 2.75) is 19.3 Å². The standard InChI is InChI=1S/C9H12O4/c10-8(11)6-2-4-1-5(6)7(3-4)9(12)13/h4-7H,1-3H2,(H,10,11)(H,12,13). The molecule has 0 spiro atoms. The first kappa shape index (κ1) is 8.53. The molecule has 2 fully saturated rings. The molecule has 2 unspecified atom stereocenters. The number of carbonyl (C=O) groups is 2. The van der Waals surface area contributed by atoms with E-state index in [0.717, 1.165) is 6.42 Å². The Labute approximate surface area is 75.6 Å². The van der Waals surface area contributed by atoms with E-state index in [1.807, 2.05) is 0 Å². The lowest BCUT2D eigenvalue weighted by atomic mass is 9.81. The fourth-order valence-electron chi connectivity index (χ4n) is 2.92. The minimum atomic E-state index is -0.821. The summed E-state index contributed by atoms with van der Waals surface area (Å²) in [6.07, 6.45) is 2.17. The molecule has 2 saturated carbocycles. The molecule has 0 aromatic carbocycles. The minimum absolute atomic E-state index is 0.111. The summed E-state index contributed by atoms with van der Waals surface area (Å²) in [5, 5.41) is 17.7. The number of carboxylic acids is 2. The molecule has 2 bridgehead atoms. The zero-order valence-electron chi connectivity index (χ0n) is 7.14. The van der Waals surface area contributed by atoms with Crippen LogP contribution in [-0.4, -0.2) is 22.2 Å². The van der Waals surface area contributed by atoms with Crippen LogP contribution in [0.5, 0.6) is 0 Å². The van der Waals surface area contributed by atoms with E-state index in [4.69, 9.17) is 10.2 Å². The van der Waals surface area contributed by atoms with E-state index >= 15 is 0 Å². The molecule has 0 aromatic heterocycles. The first-order chi connectivity index (χ1) is 6.09. The smallest absolute Gasteiger partial charge is 0.306 e. The van der Waals surface area contributed by atoms with E-state index in [1.54, 1.807) is 0 Å². The summed E-state index contributed by atoms with van der Waals surface area (Å²) in [5.74, 6) is -2.22. The van der Waals surface area contributed by atoms with Gasteiger partial charge in [-0.2, -0.15) is 0 Å². The lowest BCUT2D eigenvalue weighted by molar-refractivity contribution is -0.149. The van der Waals surface area contributed by atoms with Gasteiger partial charge in [0.1, 0.15) is 0 Å². The Balaban J connectivity index is 2.15. The van der Waals surface area contributed by atoms with Gasteiger partial charge in [-0.25, -0.2) is 0 Å². The summed E-state index contributed by atoms with van der Waals surface area (Å²) in [4.78, 5) is 21.5. The monoisotopic (exact) mass is 184 g/mol. The summed E-state index contributed by atoms with van der Waals surface area (Å²) < 4.78 is 0. The Morgan fingerprint density at radius 2 is 1.38 bits per heavy atom. The maximum Gasteiger partial charge on any atom is 0.306 e. The third-order valence-electron chi connectivity index (χ3n) is 3.45. The van der Waals surface area contributed by atoms with Gasteiger partial charge in [0, 0.05) is 0 Å². The van der Waals surface area contributed by atoms with Crippen molar-refractivity contribution in [3.8, 4) is 0 Å². The zero-order chi connectivity index (χ0) is 9.59. The van der Waals surface area contributed by atoms with Crippen LogP contribution in [0.25, 0.3) is 0 Å². The second-order valence-electron chi connectivity index (χ2n) is 4.13. The predicted octanol–water partition coefficient (Wildman–Crippen LogP) is 0.818. The summed E-state index contributed by atoms with van der Waals surface area (Å²) in [5.41, 5.74) is 0. The van der Waals surface area contributed by atoms with Crippen molar-refractivity contribution in [3.63, 3.8) is 0 Å². The maximum atomic E-state index is 10.8. The highest BCUT2D eigenvalue weighted by Gasteiger charge is 2.51. The van der Waals surface area contributed by atoms with Crippen molar-refractivity contribution < 1.29 is 19.8 Å². The molecular formula is C9H12O4. The SMILES string of the molecule is O=C(O)C1CC2CC(C(=O)O)C1C2. The topological polar surface area (TPSA) is 74.6 Å². The van der Waals surface area contributed by atoms with Crippen molar-refractivity contribution in [2.24, 2.45) is 23.7 Å². The number of hydrogen-bond acceptors (Lipinski definition) is 2. The molecule has 0 aromatic rings. The van der Waals surface area contributed by atoms with Crippen LogP contribution < -0.4 is 0 Å². The quantitative estimate of drug-likeness (QED) is 0.666. The second-order valence-corrected chi connectivity index (χ2v) is 4.13. The van der Waals surface area contributed by atoms with Gasteiger partial charge in [-0.05, 0) is 31.1 Å². The Morgan fingerprint density at radius 1 is 0.923 bits per heavy atom. The van der Waals surface area contributed by atoms with Crippen molar-refractivity contribution >= 4 is 11.9 Å². The van der Waals surface area contributed by atoms with Gasteiger partial charge in [-0.3, -0.25) is 9.59 Å². The van der Waals surface area contributed by atoms with Crippen LogP contribution in [0.4, 0.5) is 0 Å². The average molecular weight is 184 g/mol. The van der Waals surface area contributed by atoms with Crippen LogP contribution in [0.2, 0.25) is 0 Å². The number of rotatable bonds is 2. The van der Waals surface area contributed by atoms with E-state index < -0.39 is 23.8 Å². The molecule has 2 atom stereocenters. The number of hydrogen-bond donors (Lipinski definition) is 2. The number of aliphatic carboxylic acids is 2. The lowest BCUT2D eigenvalue weighted by Gasteiger charge is -2.23. The molecule has 0 aliphatic heterocycles. The number of carboxylic acid groups (broad SMARTS) is 2. The van der Waals surface area contributed by atoms with Crippen molar-refractivity contribution in [2.75, 3.05) is 0 Å². The van der Waals surface area contributed by atoms with E-state index in [9.17, 15) is 9.59 Å². The van der Waals surface area contributed by atoms with Crippen molar-refractivity contribution in [1.29, 1.82) is 0 Å². The van der Waals surface area contributed by atoms with Gasteiger partial charge in [-0.1, -0.05) is 0 Å². The zero-order valence-corrected chi connectivity index (χ0v) is 7.14. The molecule has 2 rings (SSSR count). The van der Waals surface area contributed by atoms with Crippen LogP contribution in [0.3, 0.4) is 0 Å². The second kappa shape index (κ2) is 2.72. The first-order valence-corrected chi connectivity index (χ1v) is 4.55. The Morgan fingerprint density at radius 3 is 1.69 bits per heavy atom. The maximum absolute atomic E-state index is 10.8. The molecule has 0 amide bonds. The van der Waals surface area contributed by atoms with Crippen LogP contribution in [0, 0.1) is 23.7 Å². The van der Waals surface area contributed by atoms with Crippen LogP contribution in [0.15, 0.2) is 0 Å². The van der Waals surface area contributed by atoms with Crippen LogP contribution in [-0.2, 0) is 9.59 Å². The Hall–Kier alpha value is -1.06. The molecule has 4 nitrogen and oxygen atoms in total. The fourth-order valence-corrected chi connectivity index (χ4v) is 2.92. The normalized spacial score (nSPS) is 42.2. The summed E-state index contributed by atoms with van der Waals surface area (Å²) in [6.45, 7) is 0. The van der Waals surface area contributed by atoms with Gasteiger partial charge >= 0.3 is 11.9 Å². The van der Waals surface area contributed by atoms with E-state index in [0.29, 0.717) is 18.8 Å². The third kappa shape index (κ3) is 1.20. The molecule has 0 radical (unpaired) electrons. The molecule has 2 N–H and O–H groups in total. The van der Waals surface area contributed by atoms with E-state index in [-0.39, 0.29) is 5.92 Å². The lowest BCUT2D eigenvalue weighted by Crippen LogP contribution is -2.30. The molecule has 2 aliphatic rings. The summed E-state index contributed by atoms with van der Waals surface area (Å²) >= 11 is 0. The number of fused-ring (bicyclic) bond motifs is 2. The molecule has 4 heteroatoms. The van der Waals surface area contributed by atoms with Gasteiger partial charge in [0.25, 0.3) is 0 Å². The van der Waals surface area contributed by atoms with E-state index in [1.165, 1.54) is 0 Å². The predicted molar refractivity (Wildman–Crippen MR) is 43.1 cm³/mol. The molecule has 0 heterocycles. The highest BCUT2D eigenvalue weighted by molar-refractivity contribution is 5.76. The van der Waals surface area contributed by atoms with Gasteiger partial charge in [-0.15, -0.1) is 0 Å². The molecule has 0 saturated heterocycles. The minimum Gasteiger partial charge on any atom is -0.481 e. The van der Waals surface area contributed by atoms with Crippen molar-refractivity contribution in [1.82, 2.24) is 0 Å². The third-order valence-corrected chi connectivity index (χ3v) is 3.45. The molecular weight excluding hydrogens is 172 g/mol.